The Morgan fingerprint density at radius 2 is 2.36 bits per heavy atom. The summed E-state index contributed by atoms with van der Waals surface area (Å²) < 4.78 is 17.3. The highest BCUT2D eigenvalue weighted by Gasteiger charge is 2.12. The number of ether oxygens (including phenoxy) is 1. The second-order valence-electron chi connectivity index (χ2n) is 3.35. The summed E-state index contributed by atoms with van der Waals surface area (Å²) in [7, 11) is 0. The fourth-order valence-electron chi connectivity index (χ4n) is 1.76. The van der Waals surface area contributed by atoms with Gasteiger partial charge < -0.3 is 10.1 Å². The normalized spacial score (nSPS) is 14.4. The van der Waals surface area contributed by atoms with E-state index in [1.807, 2.05) is 18.2 Å². The molecule has 0 atom stereocenters. The fourth-order valence-corrected chi connectivity index (χ4v) is 1.76. The third-order valence-corrected chi connectivity index (χ3v) is 2.39. The highest BCUT2D eigenvalue weighted by atomic mass is 19.1. The Kier molecular flexibility index (Phi) is 2.87. The Hall–Kier alpha value is -1.25. The average Bonchev–Trinajstić information content (AvgIpc) is 2.26. The van der Waals surface area contributed by atoms with E-state index in [9.17, 15) is 4.39 Å². The molecule has 1 aliphatic rings. The van der Waals surface area contributed by atoms with Crippen molar-refractivity contribution in [3.63, 3.8) is 0 Å². The molecule has 0 unspecified atom stereocenters. The first kappa shape index (κ1) is 9.31. The van der Waals surface area contributed by atoms with Crippen LogP contribution in [0.3, 0.4) is 0 Å². The minimum Gasteiger partial charge on any atom is -0.491 e. The summed E-state index contributed by atoms with van der Waals surface area (Å²) in [6, 6.07) is 5.88. The average molecular weight is 195 g/mol. The van der Waals surface area contributed by atoms with Crippen molar-refractivity contribution in [1.29, 1.82) is 0 Å². The van der Waals surface area contributed by atoms with Crippen molar-refractivity contribution in [3.8, 4) is 5.75 Å². The molecule has 3 heteroatoms. The van der Waals surface area contributed by atoms with E-state index in [1.165, 1.54) is 5.56 Å². The van der Waals surface area contributed by atoms with E-state index in [4.69, 9.17) is 4.74 Å². The van der Waals surface area contributed by atoms with Crippen molar-refractivity contribution >= 4 is 5.69 Å². The number of halogens is 1. The predicted molar refractivity (Wildman–Crippen MR) is 54.7 cm³/mol. The maximum Gasteiger partial charge on any atom is 0.124 e. The number of anilines is 1. The summed E-state index contributed by atoms with van der Waals surface area (Å²) in [5.74, 6) is 0.826. The maximum absolute atomic E-state index is 12.0. The van der Waals surface area contributed by atoms with Crippen LogP contribution in [0, 0.1) is 0 Å². The van der Waals surface area contributed by atoms with Gasteiger partial charge in [0.05, 0.1) is 0 Å². The molecule has 76 valence electrons. The first-order chi connectivity index (χ1) is 6.92. The van der Waals surface area contributed by atoms with Gasteiger partial charge in [0.2, 0.25) is 0 Å². The molecule has 0 fully saturated rings. The number of alkyl halides is 1. The molecule has 14 heavy (non-hydrogen) atoms. The smallest absolute Gasteiger partial charge is 0.124 e. The molecule has 1 aliphatic heterocycles. The van der Waals surface area contributed by atoms with Gasteiger partial charge >= 0.3 is 0 Å². The van der Waals surface area contributed by atoms with Gasteiger partial charge in [0.15, 0.2) is 0 Å². The van der Waals surface area contributed by atoms with Crippen molar-refractivity contribution in [3.05, 3.63) is 23.8 Å². The van der Waals surface area contributed by atoms with E-state index >= 15 is 0 Å². The maximum atomic E-state index is 12.0. The monoisotopic (exact) mass is 195 g/mol. The van der Waals surface area contributed by atoms with Gasteiger partial charge in [-0.2, -0.15) is 0 Å². The lowest BCUT2D eigenvalue weighted by Gasteiger charge is -2.20. The number of rotatable bonds is 3. The molecule has 0 radical (unpaired) electrons. The van der Waals surface area contributed by atoms with E-state index in [0.717, 1.165) is 30.8 Å². The van der Waals surface area contributed by atoms with Crippen LogP contribution in [-0.2, 0) is 6.42 Å². The third kappa shape index (κ3) is 1.81. The van der Waals surface area contributed by atoms with Crippen LogP contribution < -0.4 is 10.1 Å². The van der Waals surface area contributed by atoms with Crippen molar-refractivity contribution in [2.24, 2.45) is 0 Å². The first-order valence-corrected chi connectivity index (χ1v) is 4.96. The largest absolute Gasteiger partial charge is 0.491 e. The molecular weight excluding hydrogens is 181 g/mol. The Morgan fingerprint density at radius 1 is 1.43 bits per heavy atom. The van der Waals surface area contributed by atoms with Crippen molar-refractivity contribution < 1.29 is 9.13 Å². The molecule has 1 aromatic carbocycles. The van der Waals surface area contributed by atoms with Gasteiger partial charge in [-0.1, -0.05) is 6.07 Å². The Bertz CT molecular complexity index is 314. The van der Waals surface area contributed by atoms with Gasteiger partial charge in [-0.15, -0.1) is 0 Å². The molecular formula is C11H14FNO. The molecule has 0 bridgehead atoms. The van der Waals surface area contributed by atoms with E-state index in [0.29, 0.717) is 0 Å². The van der Waals surface area contributed by atoms with Gasteiger partial charge in [-0.25, -0.2) is 4.39 Å². The topological polar surface area (TPSA) is 21.3 Å². The molecule has 0 saturated heterocycles. The fraction of sp³-hybridized carbons (Fsp3) is 0.455. The van der Waals surface area contributed by atoms with Crippen LogP contribution in [0.5, 0.6) is 5.75 Å². The summed E-state index contributed by atoms with van der Waals surface area (Å²) in [4.78, 5) is 0. The van der Waals surface area contributed by atoms with Crippen molar-refractivity contribution in [2.45, 2.75) is 12.8 Å². The number of fused-ring (bicyclic) bond motifs is 1. The lowest BCUT2D eigenvalue weighted by atomic mass is 10.0. The summed E-state index contributed by atoms with van der Waals surface area (Å²) >= 11 is 0. The van der Waals surface area contributed by atoms with Crippen LogP contribution in [0.4, 0.5) is 10.1 Å². The van der Waals surface area contributed by atoms with E-state index in [1.54, 1.807) is 0 Å². The minimum absolute atomic E-state index is 0.149. The number of nitrogens with one attached hydrogen (secondary N) is 1. The Morgan fingerprint density at radius 3 is 3.21 bits per heavy atom. The zero-order valence-corrected chi connectivity index (χ0v) is 8.05. The van der Waals surface area contributed by atoms with Crippen LogP contribution in [0.15, 0.2) is 18.2 Å². The summed E-state index contributed by atoms with van der Waals surface area (Å²) in [5, 5.41) is 3.31. The van der Waals surface area contributed by atoms with Crippen molar-refractivity contribution in [1.82, 2.24) is 0 Å². The van der Waals surface area contributed by atoms with Crippen LogP contribution >= 0.6 is 0 Å². The van der Waals surface area contributed by atoms with Gasteiger partial charge in [-0.05, 0) is 25.0 Å². The summed E-state index contributed by atoms with van der Waals surface area (Å²) in [6.07, 6.45) is 2.13. The lowest BCUT2D eigenvalue weighted by molar-refractivity contribution is 0.271. The lowest BCUT2D eigenvalue weighted by Crippen LogP contribution is -2.13. The SMILES string of the molecule is FCCOc1cccc2c1CCCN2. The van der Waals surface area contributed by atoms with Crippen LogP contribution in [0.25, 0.3) is 0 Å². The molecule has 1 heterocycles. The number of benzene rings is 1. The molecule has 0 aliphatic carbocycles. The Labute approximate surface area is 83.1 Å². The van der Waals surface area contributed by atoms with Crippen LogP contribution in [-0.4, -0.2) is 19.8 Å². The van der Waals surface area contributed by atoms with Crippen molar-refractivity contribution in [2.75, 3.05) is 25.1 Å². The summed E-state index contributed by atoms with van der Waals surface area (Å²) in [6.45, 7) is 0.729. The first-order valence-electron chi connectivity index (χ1n) is 4.96. The molecule has 1 N–H and O–H groups in total. The summed E-state index contributed by atoms with van der Waals surface area (Å²) in [5.41, 5.74) is 2.32. The molecule has 0 spiro atoms. The highest BCUT2D eigenvalue weighted by Crippen LogP contribution is 2.30. The molecule has 1 aromatic rings. The number of hydrogen-bond acceptors (Lipinski definition) is 2. The zero-order chi connectivity index (χ0) is 9.80. The van der Waals surface area contributed by atoms with Gasteiger partial charge in [-0.3, -0.25) is 0 Å². The molecule has 0 amide bonds. The van der Waals surface area contributed by atoms with E-state index in [2.05, 4.69) is 5.32 Å². The second kappa shape index (κ2) is 4.31. The molecule has 2 rings (SSSR count). The molecule has 2 nitrogen and oxygen atoms in total. The predicted octanol–water partition coefficient (Wildman–Crippen LogP) is 2.39. The third-order valence-electron chi connectivity index (χ3n) is 2.39. The quantitative estimate of drug-likeness (QED) is 0.799. The zero-order valence-electron chi connectivity index (χ0n) is 8.05. The molecule has 0 saturated carbocycles. The van der Waals surface area contributed by atoms with E-state index in [-0.39, 0.29) is 6.61 Å². The van der Waals surface area contributed by atoms with Gasteiger partial charge in [0.25, 0.3) is 0 Å². The van der Waals surface area contributed by atoms with Crippen LogP contribution in [0.2, 0.25) is 0 Å². The van der Waals surface area contributed by atoms with Gasteiger partial charge in [0.1, 0.15) is 19.0 Å². The highest BCUT2D eigenvalue weighted by molar-refractivity contribution is 5.58. The Balaban J connectivity index is 2.21. The molecule has 0 aromatic heterocycles. The second-order valence-corrected chi connectivity index (χ2v) is 3.35. The minimum atomic E-state index is -0.433. The van der Waals surface area contributed by atoms with E-state index < -0.39 is 6.67 Å². The van der Waals surface area contributed by atoms with Crippen LogP contribution in [0.1, 0.15) is 12.0 Å². The van der Waals surface area contributed by atoms with Gasteiger partial charge in [0, 0.05) is 17.8 Å². The number of hydrogen-bond donors (Lipinski definition) is 1. The standard InChI is InChI=1S/C11H14FNO/c12-6-8-14-11-5-1-4-10-9(11)3-2-7-13-10/h1,4-5,13H,2-3,6-8H2.